The summed E-state index contributed by atoms with van der Waals surface area (Å²) < 4.78 is 0. The van der Waals surface area contributed by atoms with Gasteiger partial charge in [-0.25, -0.2) is 4.98 Å². The van der Waals surface area contributed by atoms with Gasteiger partial charge in [-0.3, -0.25) is 4.90 Å². The van der Waals surface area contributed by atoms with Gasteiger partial charge >= 0.3 is 0 Å². The lowest BCUT2D eigenvalue weighted by atomic mass is 9.95. The molecule has 1 aliphatic heterocycles. The molecule has 84 valence electrons. The van der Waals surface area contributed by atoms with E-state index >= 15 is 0 Å². The summed E-state index contributed by atoms with van der Waals surface area (Å²) in [6.45, 7) is 7.51. The van der Waals surface area contributed by atoms with Crippen LogP contribution < -0.4 is 5.73 Å². The Labute approximate surface area is 95.3 Å². The van der Waals surface area contributed by atoms with Gasteiger partial charge in [0, 0.05) is 31.1 Å². The van der Waals surface area contributed by atoms with Crippen molar-refractivity contribution in [2.24, 2.45) is 11.7 Å². The van der Waals surface area contributed by atoms with Crippen molar-refractivity contribution in [3.63, 3.8) is 0 Å². The van der Waals surface area contributed by atoms with Crippen molar-refractivity contribution in [2.75, 3.05) is 13.1 Å². The van der Waals surface area contributed by atoms with Crippen LogP contribution >= 0.6 is 11.3 Å². The first-order valence-corrected chi connectivity index (χ1v) is 6.42. The normalized spacial score (nSPS) is 28.2. The first-order valence-electron chi connectivity index (χ1n) is 5.54. The second-order valence-electron chi connectivity index (χ2n) is 4.52. The minimum atomic E-state index is 0.387. The highest BCUT2D eigenvalue weighted by molar-refractivity contribution is 7.09. The maximum atomic E-state index is 6.00. The lowest BCUT2D eigenvalue weighted by Crippen LogP contribution is -2.45. The van der Waals surface area contributed by atoms with E-state index in [1.54, 1.807) is 11.3 Å². The number of nitrogens with two attached hydrogens (primary N) is 1. The minimum absolute atomic E-state index is 0.387. The molecule has 2 rings (SSSR count). The number of hydrogen-bond acceptors (Lipinski definition) is 4. The van der Waals surface area contributed by atoms with Crippen molar-refractivity contribution < 1.29 is 0 Å². The number of thiazole rings is 1. The molecule has 0 amide bonds. The van der Waals surface area contributed by atoms with Crippen LogP contribution in [0.3, 0.4) is 0 Å². The van der Waals surface area contributed by atoms with Crippen molar-refractivity contribution in [1.29, 1.82) is 0 Å². The average Bonchev–Trinajstić information content (AvgIpc) is 2.58. The molecule has 0 saturated carbocycles. The van der Waals surface area contributed by atoms with Crippen LogP contribution in [-0.2, 0) is 6.54 Å². The Morgan fingerprint density at radius 3 is 3.07 bits per heavy atom. The van der Waals surface area contributed by atoms with Gasteiger partial charge in [0.25, 0.3) is 0 Å². The highest BCUT2D eigenvalue weighted by Crippen LogP contribution is 2.18. The number of likely N-dealkylation sites (tertiary alicyclic amines) is 1. The topological polar surface area (TPSA) is 42.2 Å². The molecule has 2 unspecified atom stereocenters. The highest BCUT2D eigenvalue weighted by Gasteiger charge is 2.23. The maximum absolute atomic E-state index is 6.00. The SMILES string of the molecule is Cc1nc(CN2CCC(N)C(C)C2)cs1. The lowest BCUT2D eigenvalue weighted by Gasteiger charge is -2.34. The summed E-state index contributed by atoms with van der Waals surface area (Å²) in [7, 11) is 0. The Kier molecular flexibility index (Phi) is 3.38. The number of piperidine rings is 1. The van der Waals surface area contributed by atoms with Crippen LogP contribution in [-0.4, -0.2) is 29.0 Å². The minimum Gasteiger partial charge on any atom is -0.327 e. The molecule has 15 heavy (non-hydrogen) atoms. The first-order chi connectivity index (χ1) is 7.15. The zero-order chi connectivity index (χ0) is 10.8. The molecule has 1 saturated heterocycles. The van der Waals surface area contributed by atoms with E-state index in [4.69, 9.17) is 5.73 Å². The van der Waals surface area contributed by atoms with E-state index in [9.17, 15) is 0 Å². The molecular formula is C11H19N3S. The molecule has 2 heterocycles. The second kappa shape index (κ2) is 4.60. The third-order valence-corrected chi connectivity index (χ3v) is 3.93. The number of aromatic nitrogens is 1. The molecule has 1 aromatic heterocycles. The Balaban J connectivity index is 1.90. The van der Waals surface area contributed by atoms with Crippen molar-refractivity contribution in [3.05, 3.63) is 16.1 Å². The molecule has 0 aliphatic carbocycles. The Bertz CT molecular complexity index is 323. The van der Waals surface area contributed by atoms with Gasteiger partial charge in [-0.1, -0.05) is 6.92 Å². The van der Waals surface area contributed by atoms with Crippen molar-refractivity contribution in [2.45, 2.75) is 32.9 Å². The van der Waals surface area contributed by atoms with Crippen LogP contribution in [0.1, 0.15) is 24.0 Å². The van der Waals surface area contributed by atoms with Crippen molar-refractivity contribution >= 4 is 11.3 Å². The van der Waals surface area contributed by atoms with E-state index in [2.05, 4.69) is 29.1 Å². The Morgan fingerprint density at radius 1 is 1.67 bits per heavy atom. The summed E-state index contributed by atoms with van der Waals surface area (Å²) in [5, 5.41) is 3.32. The molecule has 2 atom stereocenters. The molecule has 2 N–H and O–H groups in total. The average molecular weight is 225 g/mol. The van der Waals surface area contributed by atoms with Gasteiger partial charge in [0.1, 0.15) is 0 Å². The van der Waals surface area contributed by atoms with Crippen molar-refractivity contribution in [1.82, 2.24) is 9.88 Å². The zero-order valence-electron chi connectivity index (χ0n) is 9.44. The molecule has 0 aromatic carbocycles. The van der Waals surface area contributed by atoms with Gasteiger partial charge in [0.15, 0.2) is 0 Å². The van der Waals surface area contributed by atoms with Crippen LogP contribution in [0.5, 0.6) is 0 Å². The fraction of sp³-hybridized carbons (Fsp3) is 0.727. The van der Waals surface area contributed by atoms with Crippen LogP contribution in [0.15, 0.2) is 5.38 Å². The standard InChI is InChI=1S/C11H19N3S/c1-8-5-14(4-3-11(8)12)6-10-7-15-9(2)13-10/h7-8,11H,3-6,12H2,1-2H3. The summed E-state index contributed by atoms with van der Waals surface area (Å²) in [5.41, 5.74) is 7.21. The molecule has 0 bridgehead atoms. The maximum Gasteiger partial charge on any atom is 0.0897 e. The number of hydrogen-bond donors (Lipinski definition) is 1. The number of rotatable bonds is 2. The smallest absolute Gasteiger partial charge is 0.0897 e. The number of aryl methyl sites for hydroxylation is 1. The molecule has 3 nitrogen and oxygen atoms in total. The quantitative estimate of drug-likeness (QED) is 0.831. The molecule has 4 heteroatoms. The predicted molar refractivity (Wildman–Crippen MR) is 63.9 cm³/mol. The summed E-state index contributed by atoms with van der Waals surface area (Å²) in [6, 6.07) is 0.387. The Hall–Kier alpha value is -0.450. The van der Waals surface area contributed by atoms with E-state index in [0.717, 1.165) is 31.1 Å². The molecule has 0 spiro atoms. The molecule has 1 aliphatic rings. The Morgan fingerprint density at radius 2 is 2.47 bits per heavy atom. The lowest BCUT2D eigenvalue weighted by molar-refractivity contribution is 0.156. The van der Waals surface area contributed by atoms with Crippen LogP contribution in [0.25, 0.3) is 0 Å². The van der Waals surface area contributed by atoms with Gasteiger partial charge in [-0.15, -0.1) is 11.3 Å². The van der Waals surface area contributed by atoms with Crippen molar-refractivity contribution in [3.8, 4) is 0 Å². The zero-order valence-corrected chi connectivity index (χ0v) is 10.3. The fourth-order valence-corrected chi connectivity index (χ4v) is 2.71. The van der Waals surface area contributed by atoms with Crippen LogP contribution in [0.2, 0.25) is 0 Å². The van der Waals surface area contributed by atoms with Gasteiger partial charge < -0.3 is 5.73 Å². The second-order valence-corrected chi connectivity index (χ2v) is 5.59. The van der Waals surface area contributed by atoms with E-state index < -0.39 is 0 Å². The molecule has 1 fully saturated rings. The molecule has 1 aromatic rings. The number of nitrogens with zero attached hydrogens (tertiary/aromatic N) is 2. The summed E-state index contributed by atoms with van der Waals surface area (Å²) in [5.74, 6) is 0.610. The van der Waals surface area contributed by atoms with E-state index in [0.29, 0.717) is 12.0 Å². The van der Waals surface area contributed by atoms with Gasteiger partial charge in [-0.2, -0.15) is 0 Å². The fourth-order valence-electron chi connectivity index (χ4n) is 2.10. The molecular weight excluding hydrogens is 206 g/mol. The van der Waals surface area contributed by atoms with Gasteiger partial charge in [0.05, 0.1) is 10.7 Å². The predicted octanol–water partition coefficient (Wildman–Crippen LogP) is 1.62. The van der Waals surface area contributed by atoms with Gasteiger partial charge in [0.2, 0.25) is 0 Å². The highest BCUT2D eigenvalue weighted by atomic mass is 32.1. The molecule has 0 radical (unpaired) electrons. The van der Waals surface area contributed by atoms with E-state index in [-0.39, 0.29) is 0 Å². The van der Waals surface area contributed by atoms with E-state index in [1.165, 1.54) is 5.69 Å². The largest absolute Gasteiger partial charge is 0.327 e. The third kappa shape index (κ3) is 2.77. The summed E-state index contributed by atoms with van der Waals surface area (Å²) in [4.78, 5) is 6.96. The first kappa shape index (κ1) is 11.0. The monoisotopic (exact) mass is 225 g/mol. The third-order valence-electron chi connectivity index (χ3n) is 3.11. The summed E-state index contributed by atoms with van der Waals surface area (Å²) in [6.07, 6.45) is 1.12. The van der Waals surface area contributed by atoms with Crippen LogP contribution in [0.4, 0.5) is 0 Å². The van der Waals surface area contributed by atoms with Crippen LogP contribution in [0, 0.1) is 12.8 Å². The van der Waals surface area contributed by atoms with E-state index in [1.807, 2.05) is 0 Å². The van der Waals surface area contributed by atoms with Gasteiger partial charge in [-0.05, 0) is 19.3 Å². The summed E-state index contributed by atoms with van der Waals surface area (Å²) >= 11 is 1.73.